The number of carbonyl (C=O) groups excluding carboxylic acids is 1. The first-order valence-corrected chi connectivity index (χ1v) is 10.8. The fourth-order valence-electron chi connectivity index (χ4n) is 4.31. The number of ether oxygens (including phenoxy) is 1. The Balaban J connectivity index is 1.45. The van der Waals surface area contributed by atoms with E-state index in [1.807, 2.05) is 61.2 Å². The van der Waals surface area contributed by atoms with Crippen molar-refractivity contribution in [3.8, 4) is 11.5 Å². The van der Waals surface area contributed by atoms with E-state index in [0.29, 0.717) is 25.2 Å². The van der Waals surface area contributed by atoms with Gasteiger partial charge < -0.3 is 14.5 Å². The van der Waals surface area contributed by atoms with Gasteiger partial charge in [-0.1, -0.05) is 24.3 Å². The summed E-state index contributed by atoms with van der Waals surface area (Å²) in [6.45, 7) is 5.82. The molecule has 2 heterocycles. The molecule has 3 aromatic rings. The zero-order valence-electron chi connectivity index (χ0n) is 18.1. The normalized spacial score (nSPS) is 17.6. The van der Waals surface area contributed by atoms with E-state index in [9.17, 15) is 9.18 Å². The summed E-state index contributed by atoms with van der Waals surface area (Å²) >= 11 is 0. The molecular weight excluding hydrogens is 405 g/mol. The predicted octanol–water partition coefficient (Wildman–Crippen LogP) is 5.16. The molecule has 0 unspecified atom stereocenters. The predicted molar refractivity (Wildman–Crippen MR) is 122 cm³/mol. The van der Waals surface area contributed by atoms with Crippen LogP contribution >= 0.6 is 0 Å². The van der Waals surface area contributed by atoms with Crippen LogP contribution < -0.4 is 4.74 Å². The van der Waals surface area contributed by atoms with Crippen LogP contribution in [0.25, 0.3) is 0 Å². The van der Waals surface area contributed by atoms with Crippen molar-refractivity contribution in [1.82, 2.24) is 9.80 Å². The number of aryl methyl sites for hydroxylation is 1. The monoisotopic (exact) mass is 429 g/mol. The topological polar surface area (TPSA) is 45.1 Å². The maximum Gasteiger partial charge on any atom is 0.254 e. The van der Waals surface area contributed by atoms with E-state index in [0.717, 1.165) is 34.1 Å². The number of nitrogens with zero attached hydrogens (tertiary/aromatic N) is 3. The van der Waals surface area contributed by atoms with Crippen molar-refractivity contribution in [2.75, 3.05) is 19.6 Å². The fraction of sp³-hybridized carbons (Fsp3) is 0.231. The van der Waals surface area contributed by atoms with Crippen LogP contribution in [0.1, 0.15) is 28.4 Å². The van der Waals surface area contributed by atoms with E-state index in [4.69, 9.17) is 9.73 Å². The lowest BCUT2D eigenvalue weighted by Crippen LogP contribution is -2.55. The standard InChI is InChI=1S/C26H24FN3O2/c1-17-10-11-22-24(14-17)32-23-9-4-3-8-21(23)25(28-22)29-12-13-30(18(2)16-29)26(31)19-6-5-7-20(27)15-19/h3-11,14-15,18H,12-13,16H2,1-2H3/t18-/m0/s1. The van der Waals surface area contributed by atoms with E-state index in [1.165, 1.54) is 12.1 Å². The fourth-order valence-corrected chi connectivity index (χ4v) is 4.31. The maximum absolute atomic E-state index is 13.6. The van der Waals surface area contributed by atoms with E-state index >= 15 is 0 Å². The minimum atomic E-state index is -0.402. The number of hydrogen-bond acceptors (Lipinski definition) is 4. The van der Waals surface area contributed by atoms with Crippen LogP contribution in [0.3, 0.4) is 0 Å². The molecule has 3 aromatic carbocycles. The summed E-state index contributed by atoms with van der Waals surface area (Å²) in [5.74, 6) is 1.79. The highest BCUT2D eigenvalue weighted by Crippen LogP contribution is 2.39. The van der Waals surface area contributed by atoms with Gasteiger partial charge in [0.1, 0.15) is 23.1 Å². The molecule has 0 saturated carbocycles. The zero-order valence-corrected chi connectivity index (χ0v) is 18.1. The minimum Gasteiger partial charge on any atom is -0.454 e. The number of hydrogen-bond donors (Lipinski definition) is 0. The number of carbonyl (C=O) groups is 1. The Bertz CT molecular complexity index is 1220. The van der Waals surface area contributed by atoms with E-state index in [1.54, 1.807) is 12.1 Å². The van der Waals surface area contributed by atoms with E-state index < -0.39 is 5.82 Å². The summed E-state index contributed by atoms with van der Waals surface area (Å²) in [5, 5.41) is 0. The molecule has 0 bridgehead atoms. The average molecular weight is 429 g/mol. The number of amidine groups is 1. The molecule has 0 radical (unpaired) electrons. The summed E-state index contributed by atoms with van der Waals surface area (Å²) in [6, 6.07) is 19.7. The van der Waals surface area contributed by atoms with Crippen molar-refractivity contribution in [2.24, 2.45) is 4.99 Å². The first kappa shape index (κ1) is 20.2. The molecule has 1 amide bonds. The largest absolute Gasteiger partial charge is 0.454 e. The zero-order chi connectivity index (χ0) is 22.2. The van der Waals surface area contributed by atoms with Crippen molar-refractivity contribution in [1.29, 1.82) is 0 Å². The van der Waals surface area contributed by atoms with Crippen LogP contribution in [0.2, 0.25) is 0 Å². The van der Waals surface area contributed by atoms with Gasteiger partial charge in [-0.05, 0) is 61.9 Å². The summed E-state index contributed by atoms with van der Waals surface area (Å²) in [4.78, 5) is 22.0. The Hall–Kier alpha value is -3.67. The van der Waals surface area contributed by atoms with Gasteiger partial charge >= 0.3 is 0 Å². The first-order valence-electron chi connectivity index (χ1n) is 10.8. The lowest BCUT2D eigenvalue weighted by Gasteiger charge is -2.41. The number of para-hydroxylation sites is 1. The van der Waals surface area contributed by atoms with E-state index in [2.05, 4.69) is 4.90 Å². The molecule has 0 spiro atoms. The molecular formula is C26H24FN3O2. The second kappa shape index (κ2) is 8.11. The van der Waals surface area contributed by atoms with E-state index in [-0.39, 0.29) is 11.9 Å². The third-order valence-corrected chi connectivity index (χ3v) is 5.95. The van der Waals surface area contributed by atoms with Gasteiger partial charge in [-0.2, -0.15) is 0 Å². The molecule has 0 N–H and O–H groups in total. The highest BCUT2D eigenvalue weighted by molar-refractivity contribution is 6.04. The first-order chi connectivity index (χ1) is 15.5. The Morgan fingerprint density at radius 3 is 2.69 bits per heavy atom. The summed E-state index contributed by atoms with van der Waals surface area (Å²) in [6.07, 6.45) is 0. The number of piperazine rings is 1. The van der Waals surface area contributed by atoms with Crippen LogP contribution in [0.5, 0.6) is 11.5 Å². The molecule has 5 rings (SSSR count). The minimum absolute atomic E-state index is 0.0592. The Morgan fingerprint density at radius 2 is 1.88 bits per heavy atom. The number of aliphatic imine (C=N–C) groups is 1. The van der Waals surface area contributed by atoms with Gasteiger partial charge in [0.2, 0.25) is 0 Å². The molecule has 1 fully saturated rings. The van der Waals surface area contributed by atoms with Crippen molar-refractivity contribution >= 4 is 17.4 Å². The smallest absolute Gasteiger partial charge is 0.254 e. The molecule has 162 valence electrons. The molecule has 6 heteroatoms. The van der Waals surface area contributed by atoms with Crippen LogP contribution in [0, 0.1) is 12.7 Å². The third-order valence-electron chi connectivity index (χ3n) is 5.95. The Kier molecular flexibility index (Phi) is 5.13. The van der Waals surface area contributed by atoms with Crippen molar-refractivity contribution < 1.29 is 13.9 Å². The average Bonchev–Trinajstić information content (AvgIpc) is 2.95. The van der Waals surface area contributed by atoms with Gasteiger partial charge in [-0.25, -0.2) is 9.38 Å². The lowest BCUT2D eigenvalue weighted by molar-refractivity contribution is 0.0581. The second-order valence-electron chi connectivity index (χ2n) is 8.31. The molecule has 0 aliphatic carbocycles. The number of amides is 1. The molecule has 32 heavy (non-hydrogen) atoms. The number of halogens is 1. The quantitative estimate of drug-likeness (QED) is 0.536. The van der Waals surface area contributed by atoms with Gasteiger partial charge in [0, 0.05) is 31.2 Å². The van der Waals surface area contributed by atoms with Crippen LogP contribution in [-0.2, 0) is 0 Å². The molecule has 5 nitrogen and oxygen atoms in total. The Morgan fingerprint density at radius 1 is 1.03 bits per heavy atom. The van der Waals surface area contributed by atoms with Gasteiger partial charge in [-0.3, -0.25) is 4.79 Å². The van der Waals surface area contributed by atoms with Crippen LogP contribution in [0.4, 0.5) is 10.1 Å². The maximum atomic E-state index is 13.6. The van der Waals surface area contributed by atoms with Crippen molar-refractivity contribution in [3.63, 3.8) is 0 Å². The molecule has 2 aliphatic heterocycles. The molecule has 0 aromatic heterocycles. The van der Waals surface area contributed by atoms with Crippen molar-refractivity contribution in [3.05, 3.63) is 89.2 Å². The van der Waals surface area contributed by atoms with Crippen LogP contribution in [-0.4, -0.2) is 47.2 Å². The van der Waals surface area contributed by atoms with Gasteiger partial charge in [0.15, 0.2) is 5.75 Å². The SMILES string of the molecule is Cc1ccc2c(c1)Oc1ccccc1C(N1CCN(C(=O)c3cccc(F)c3)[C@@H](C)C1)=N2. The highest BCUT2D eigenvalue weighted by atomic mass is 19.1. The molecule has 1 atom stereocenters. The summed E-state index contributed by atoms with van der Waals surface area (Å²) in [5.41, 5.74) is 3.20. The lowest BCUT2D eigenvalue weighted by atomic mass is 10.1. The Labute approximate surface area is 186 Å². The number of rotatable bonds is 1. The van der Waals surface area contributed by atoms with Gasteiger partial charge in [0.05, 0.1) is 5.56 Å². The number of fused-ring (bicyclic) bond motifs is 2. The summed E-state index contributed by atoms with van der Waals surface area (Å²) < 4.78 is 19.8. The second-order valence-corrected chi connectivity index (χ2v) is 8.31. The number of benzene rings is 3. The van der Waals surface area contributed by atoms with Crippen LogP contribution in [0.15, 0.2) is 71.7 Å². The molecule has 2 aliphatic rings. The summed E-state index contributed by atoms with van der Waals surface area (Å²) in [7, 11) is 0. The molecule has 1 saturated heterocycles. The van der Waals surface area contributed by atoms with Crippen molar-refractivity contribution in [2.45, 2.75) is 19.9 Å². The van der Waals surface area contributed by atoms with Gasteiger partial charge in [-0.15, -0.1) is 0 Å². The third kappa shape index (κ3) is 3.73. The highest BCUT2D eigenvalue weighted by Gasteiger charge is 2.32. The van der Waals surface area contributed by atoms with Gasteiger partial charge in [0.25, 0.3) is 5.91 Å².